The molecule has 1 heterocycles. The van der Waals surface area contributed by atoms with Crippen molar-refractivity contribution in [1.82, 2.24) is 5.32 Å². The van der Waals surface area contributed by atoms with Crippen molar-refractivity contribution in [3.05, 3.63) is 39.9 Å². The lowest BCUT2D eigenvalue weighted by molar-refractivity contribution is -0.125. The van der Waals surface area contributed by atoms with Gasteiger partial charge in [0.25, 0.3) is 0 Å². The van der Waals surface area contributed by atoms with Gasteiger partial charge in [-0.05, 0) is 37.1 Å². The van der Waals surface area contributed by atoms with Crippen LogP contribution in [-0.4, -0.2) is 17.6 Å². The van der Waals surface area contributed by atoms with E-state index in [9.17, 15) is 20.1 Å². The van der Waals surface area contributed by atoms with Crippen LogP contribution >= 0.6 is 11.8 Å². The predicted molar refractivity (Wildman–Crippen MR) is 101 cm³/mol. The van der Waals surface area contributed by atoms with Crippen LogP contribution in [0.3, 0.4) is 0 Å². The lowest BCUT2D eigenvalue weighted by atomic mass is 9.72. The van der Waals surface area contributed by atoms with E-state index in [1.54, 1.807) is 13.8 Å². The zero-order chi connectivity index (χ0) is 19.5. The van der Waals surface area contributed by atoms with Gasteiger partial charge in [0.15, 0.2) is 0 Å². The number of hydrogen-bond acceptors (Lipinski definition) is 5. The first kappa shape index (κ1) is 19.6. The van der Waals surface area contributed by atoms with Crippen LogP contribution in [0.1, 0.15) is 25.0 Å². The number of carbonyl (C=O) groups is 2. The van der Waals surface area contributed by atoms with Crippen molar-refractivity contribution >= 4 is 29.3 Å². The first-order valence-electron chi connectivity index (χ1n) is 8.05. The molecule has 26 heavy (non-hydrogen) atoms. The third-order valence-corrected chi connectivity index (χ3v) is 5.19. The topological polar surface area (TPSA) is 106 Å². The maximum absolute atomic E-state index is 12.2. The van der Waals surface area contributed by atoms with Gasteiger partial charge in [-0.15, -0.1) is 0 Å². The van der Waals surface area contributed by atoms with Gasteiger partial charge in [0.05, 0.1) is 28.5 Å². The highest BCUT2D eigenvalue weighted by atomic mass is 32.2. The predicted octanol–water partition coefficient (Wildman–Crippen LogP) is 3.01. The van der Waals surface area contributed by atoms with Crippen molar-refractivity contribution in [2.24, 2.45) is 11.3 Å². The summed E-state index contributed by atoms with van der Waals surface area (Å²) in [5.74, 6) is -1.58. The summed E-state index contributed by atoms with van der Waals surface area (Å²) in [4.78, 5) is 24.4. The lowest BCUT2D eigenvalue weighted by Crippen LogP contribution is -2.44. The molecule has 6 nitrogen and oxygen atoms in total. The van der Waals surface area contributed by atoms with Crippen LogP contribution in [-0.2, 0) is 9.59 Å². The number of nitrogens with one attached hydrogen (secondary N) is 2. The van der Waals surface area contributed by atoms with Crippen molar-refractivity contribution in [1.29, 1.82) is 10.5 Å². The standard InChI is InChI=1S/C19H20N4O2S/c1-11-5-12(2)7-13(6-11)22-16(24)10-26-18-15(9-21)19(3,4)14(8-20)17(25)23-18/h5-7,14H,10H2,1-4H3,(H,22,24)(H,23,25)/t14-/m1/s1. The molecular weight excluding hydrogens is 348 g/mol. The van der Waals surface area contributed by atoms with Crippen LogP contribution in [0.2, 0.25) is 0 Å². The Balaban J connectivity index is 2.13. The van der Waals surface area contributed by atoms with E-state index < -0.39 is 17.2 Å². The Labute approximate surface area is 157 Å². The minimum absolute atomic E-state index is 0.0427. The minimum atomic E-state index is -0.939. The Kier molecular flexibility index (Phi) is 5.74. The summed E-state index contributed by atoms with van der Waals surface area (Å²) in [5, 5.41) is 24.4. The van der Waals surface area contributed by atoms with Gasteiger partial charge in [-0.2, -0.15) is 10.5 Å². The monoisotopic (exact) mass is 368 g/mol. The van der Waals surface area contributed by atoms with Gasteiger partial charge in [0.1, 0.15) is 5.92 Å². The third-order valence-electron chi connectivity index (χ3n) is 4.19. The summed E-state index contributed by atoms with van der Waals surface area (Å²) < 4.78 is 0. The van der Waals surface area contributed by atoms with Gasteiger partial charge in [0.2, 0.25) is 11.8 Å². The van der Waals surface area contributed by atoms with Crippen molar-refractivity contribution in [2.45, 2.75) is 27.7 Å². The highest BCUT2D eigenvalue weighted by molar-refractivity contribution is 8.03. The maximum atomic E-state index is 12.2. The van der Waals surface area contributed by atoms with Gasteiger partial charge in [-0.3, -0.25) is 9.59 Å². The molecule has 0 aliphatic carbocycles. The van der Waals surface area contributed by atoms with Crippen LogP contribution in [0, 0.1) is 47.8 Å². The van der Waals surface area contributed by atoms with Crippen molar-refractivity contribution in [3.63, 3.8) is 0 Å². The second-order valence-electron chi connectivity index (χ2n) is 6.80. The van der Waals surface area contributed by atoms with Crippen LogP contribution in [0.15, 0.2) is 28.8 Å². The number of anilines is 1. The Morgan fingerprint density at radius 2 is 1.88 bits per heavy atom. The molecule has 7 heteroatoms. The Hall–Kier alpha value is -2.77. The molecule has 0 spiro atoms. The average molecular weight is 368 g/mol. The summed E-state index contributed by atoms with van der Waals surface area (Å²) in [5.41, 5.74) is 2.21. The molecular formula is C19H20N4O2S. The second-order valence-corrected chi connectivity index (χ2v) is 7.79. The smallest absolute Gasteiger partial charge is 0.243 e. The van der Waals surface area contributed by atoms with Crippen LogP contribution in [0.4, 0.5) is 5.69 Å². The number of thioether (sulfide) groups is 1. The van der Waals surface area contributed by atoms with Gasteiger partial charge >= 0.3 is 0 Å². The Morgan fingerprint density at radius 3 is 2.42 bits per heavy atom. The molecule has 0 bridgehead atoms. The number of benzene rings is 1. The molecule has 0 unspecified atom stereocenters. The highest BCUT2D eigenvalue weighted by Gasteiger charge is 2.44. The fourth-order valence-electron chi connectivity index (χ4n) is 2.92. The van der Waals surface area contributed by atoms with E-state index in [-0.39, 0.29) is 11.7 Å². The molecule has 0 radical (unpaired) electrons. The van der Waals surface area contributed by atoms with E-state index >= 15 is 0 Å². The molecule has 1 aliphatic heterocycles. The van der Waals surface area contributed by atoms with Crippen molar-refractivity contribution in [2.75, 3.05) is 11.1 Å². The van der Waals surface area contributed by atoms with Crippen LogP contribution < -0.4 is 10.6 Å². The fraction of sp³-hybridized carbons (Fsp3) is 0.368. The van der Waals surface area contributed by atoms with Crippen molar-refractivity contribution < 1.29 is 9.59 Å². The number of allylic oxidation sites excluding steroid dienone is 1. The molecule has 0 saturated heterocycles. The fourth-order valence-corrected chi connectivity index (χ4v) is 3.89. The van der Waals surface area contributed by atoms with Crippen molar-refractivity contribution in [3.8, 4) is 12.1 Å². The van der Waals surface area contributed by atoms with E-state index in [2.05, 4.69) is 16.7 Å². The summed E-state index contributed by atoms with van der Waals surface area (Å²) in [6.45, 7) is 7.28. The number of amides is 2. The second kappa shape index (κ2) is 7.63. The number of carbonyl (C=O) groups excluding carboxylic acids is 2. The summed E-state index contributed by atoms with van der Waals surface area (Å²) in [6.07, 6.45) is 0. The normalized spacial score (nSPS) is 18.5. The summed E-state index contributed by atoms with van der Waals surface area (Å²) in [7, 11) is 0. The molecule has 2 rings (SSSR count). The zero-order valence-corrected chi connectivity index (χ0v) is 16.0. The van der Waals surface area contributed by atoms with E-state index in [1.807, 2.05) is 38.1 Å². The molecule has 0 aromatic heterocycles. The zero-order valence-electron chi connectivity index (χ0n) is 15.1. The van der Waals surface area contributed by atoms with Gasteiger partial charge in [0, 0.05) is 11.1 Å². The number of nitrogens with zero attached hydrogens (tertiary/aromatic N) is 2. The molecule has 134 valence electrons. The number of hydrogen-bond donors (Lipinski definition) is 2. The quantitative estimate of drug-likeness (QED) is 0.850. The van der Waals surface area contributed by atoms with Gasteiger partial charge in [-0.1, -0.05) is 31.7 Å². The maximum Gasteiger partial charge on any atom is 0.243 e. The molecule has 1 aromatic carbocycles. The molecule has 2 amide bonds. The first-order valence-corrected chi connectivity index (χ1v) is 9.04. The van der Waals surface area contributed by atoms with E-state index in [0.29, 0.717) is 16.3 Å². The highest BCUT2D eigenvalue weighted by Crippen LogP contribution is 2.41. The Bertz CT molecular complexity index is 854. The van der Waals surface area contributed by atoms with Crippen LogP contribution in [0.5, 0.6) is 0 Å². The molecule has 0 fully saturated rings. The molecule has 1 aromatic rings. The minimum Gasteiger partial charge on any atom is -0.325 e. The van der Waals surface area contributed by atoms with Crippen LogP contribution in [0.25, 0.3) is 0 Å². The SMILES string of the molecule is Cc1cc(C)cc(NC(=O)CSC2=C(C#N)C(C)(C)[C@H](C#N)C(=O)N2)c1. The third kappa shape index (κ3) is 4.07. The Morgan fingerprint density at radius 1 is 1.27 bits per heavy atom. The lowest BCUT2D eigenvalue weighted by Gasteiger charge is -2.34. The molecule has 1 aliphatic rings. The molecule has 0 saturated carbocycles. The van der Waals surface area contributed by atoms with Gasteiger partial charge in [-0.25, -0.2) is 0 Å². The average Bonchev–Trinajstić information content (AvgIpc) is 2.51. The first-order chi connectivity index (χ1) is 12.2. The number of nitriles is 2. The van der Waals surface area contributed by atoms with E-state index in [0.717, 1.165) is 22.9 Å². The van der Waals surface area contributed by atoms with Gasteiger partial charge < -0.3 is 10.6 Å². The summed E-state index contributed by atoms with van der Waals surface area (Å²) in [6, 6.07) is 9.79. The van der Waals surface area contributed by atoms with E-state index in [1.165, 1.54) is 0 Å². The van der Waals surface area contributed by atoms with E-state index in [4.69, 9.17) is 0 Å². The number of rotatable bonds is 4. The molecule has 1 atom stereocenters. The largest absolute Gasteiger partial charge is 0.325 e. The number of aryl methyl sites for hydroxylation is 2. The summed E-state index contributed by atoms with van der Waals surface area (Å²) >= 11 is 1.09. The molecule has 2 N–H and O–H groups in total.